The van der Waals surface area contributed by atoms with E-state index in [1.807, 2.05) is 0 Å². The van der Waals surface area contributed by atoms with Crippen molar-refractivity contribution in [1.82, 2.24) is 9.80 Å². The lowest BCUT2D eigenvalue weighted by Gasteiger charge is -2.40. The fourth-order valence-electron chi connectivity index (χ4n) is 2.46. The highest BCUT2D eigenvalue weighted by molar-refractivity contribution is 7.99. The van der Waals surface area contributed by atoms with Crippen molar-refractivity contribution in [2.75, 3.05) is 44.4 Å². The lowest BCUT2D eigenvalue weighted by Crippen LogP contribution is -2.56. The molecule has 114 valence electrons. The average molecular weight is 304 g/mol. The van der Waals surface area contributed by atoms with E-state index in [4.69, 9.17) is 14.9 Å². The Morgan fingerprint density at radius 2 is 2.15 bits per heavy atom. The standard InChI is InChI=1S/C12H20N2O5S/c15-7-10-6-13(1-3-19-10)12(18)14-2-4-20-8-9(14)5-11(16)17/h9-10,15H,1-8H2,(H,16,17). The minimum atomic E-state index is -0.884. The maximum Gasteiger partial charge on any atom is 0.320 e. The second-order valence-corrected chi connectivity index (χ2v) is 6.07. The van der Waals surface area contributed by atoms with E-state index in [9.17, 15) is 9.59 Å². The van der Waals surface area contributed by atoms with Crippen LogP contribution in [0, 0.1) is 0 Å². The first kappa shape index (κ1) is 15.4. The number of aliphatic hydroxyl groups is 1. The summed E-state index contributed by atoms with van der Waals surface area (Å²) in [7, 11) is 0. The molecule has 2 saturated heterocycles. The average Bonchev–Trinajstić information content (AvgIpc) is 2.46. The second-order valence-electron chi connectivity index (χ2n) is 4.92. The Bertz CT molecular complexity index is 368. The van der Waals surface area contributed by atoms with E-state index in [1.165, 1.54) is 0 Å². The number of rotatable bonds is 3. The van der Waals surface area contributed by atoms with Gasteiger partial charge in [-0.2, -0.15) is 11.8 Å². The van der Waals surface area contributed by atoms with Gasteiger partial charge in [0.25, 0.3) is 0 Å². The molecule has 20 heavy (non-hydrogen) atoms. The summed E-state index contributed by atoms with van der Waals surface area (Å²) in [6, 6.07) is -0.396. The van der Waals surface area contributed by atoms with Gasteiger partial charge in [-0.15, -0.1) is 0 Å². The number of aliphatic hydroxyl groups excluding tert-OH is 1. The number of aliphatic carboxylic acids is 1. The topological polar surface area (TPSA) is 90.3 Å². The van der Waals surface area contributed by atoms with Crippen LogP contribution in [0.3, 0.4) is 0 Å². The molecule has 0 spiro atoms. The highest BCUT2D eigenvalue weighted by atomic mass is 32.2. The fourth-order valence-corrected chi connectivity index (χ4v) is 3.52. The number of morpholine rings is 1. The first-order valence-electron chi connectivity index (χ1n) is 6.69. The molecule has 2 unspecified atom stereocenters. The zero-order valence-electron chi connectivity index (χ0n) is 11.2. The zero-order valence-corrected chi connectivity index (χ0v) is 12.0. The Morgan fingerprint density at radius 3 is 2.85 bits per heavy atom. The van der Waals surface area contributed by atoms with Gasteiger partial charge in [0.2, 0.25) is 0 Å². The van der Waals surface area contributed by atoms with E-state index in [0.717, 1.165) is 5.75 Å². The van der Waals surface area contributed by atoms with Crippen molar-refractivity contribution < 1.29 is 24.5 Å². The third-order valence-corrected chi connectivity index (χ3v) is 4.59. The Balaban J connectivity index is 1.99. The maximum atomic E-state index is 12.5. The molecule has 2 heterocycles. The van der Waals surface area contributed by atoms with Crippen LogP contribution in [-0.4, -0.2) is 88.5 Å². The summed E-state index contributed by atoms with van der Waals surface area (Å²) in [6.45, 7) is 1.71. The molecule has 0 aromatic heterocycles. The predicted octanol–water partition coefficient (Wildman–Crippen LogP) is -0.308. The smallest absolute Gasteiger partial charge is 0.320 e. The molecule has 8 heteroatoms. The number of amides is 2. The third-order valence-electron chi connectivity index (χ3n) is 3.50. The molecule has 7 nitrogen and oxygen atoms in total. The van der Waals surface area contributed by atoms with Crippen LogP contribution in [0.15, 0.2) is 0 Å². The number of carbonyl (C=O) groups is 2. The summed E-state index contributed by atoms with van der Waals surface area (Å²) in [5.41, 5.74) is 0. The van der Waals surface area contributed by atoms with Crippen molar-refractivity contribution in [3.63, 3.8) is 0 Å². The highest BCUT2D eigenvalue weighted by Gasteiger charge is 2.33. The van der Waals surface area contributed by atoms with Gasteiger partial charge in [0.15, 0.2) is 0 Å². The van der Waals surface area contributed by atoms with Crippen LogP contribution in [0.5, 0.6) is 0 Å². The number of thioether (sulfide) groups is 1. The van der Waals surface area contributed by atoms with Gasteiger partial charge in [-0.3, -0.25) is 4.79 Å². The number of hydrogen-bond acceptors (Lipinski definition) is 5. The van der Waals surface area contributed by atoms with Crippen LogP contribution >= 0.6 is 11.8 Å². The normalized spacial score (nSPS) is 27.4. The molecule has 0 aromatic rings. The third kappa shape index (κ3) is 3.77. The maximum absolute atomic E-state index is 12.5. The predicted molar refractivity (Wildman–Crippen MR) is 73.9 cm³/mol. The van der Waals surface area contributed by atoms with Gasteiger partial charge in [-0.1, -0.05) is 0 Å². The Labute approximate surface area is 121 Å². The number of carboxylic acids is 1. The number of nitrogens with zero attached hydrogens (tertiary/aromatic N) is 2. The van der Waals surface area contributed by atoms with Gasteiger partial charge in [0, 0.05) is 24.6 Å². The van der Waals surface area contributed by atoms with Crippen LogP contribution < -0.4 is 0 Å². The fraction of sp³-hybridized carbons (Fsp3) is 0.833. The summed E-state index contributed by atoms with van der Waals surface area (Å²) >= 11 is 1.68. The van der Waals surface area contributed by atoms with E-state index >= 15 is 0 Å². The SMILES string of the molecule is O=C(O)CC1CSCCN1C(=O)N1CCOC(CO)C1. The Hall–Kier alpha value is -0.990. The molecule has 2 aliphatic rings. The first-order chi connectivity index (χ1) is 9.61. The molecule has 0 aromatic carbocycles. The van der Waals surface area contributed by atoms with Gasteiger partial charge in [-0.05, 0) is 0 Å². The molecule has 0 saturated carbocycles. The van der Waals surface area contributed by atoms with Gasteiger partial charge in [-0.25, -0.2) is 4.79 Å². The number of carbonyl (C=O) groups excluding carboxylic acids is 1. The van der Waals surface area contributed by atoms with Crippen LogP contribution in [0.2, 0.25) is 0 Å². The summed E-state index contributed by atoms with van der Waals surface area (Å²) in [5, 5.41) is 18.1. The quantitative estimate of drug-likeness (QED) is 0.743. The van der Waals surface area contributed by atoms with Crippen LogP contribution in [0.1, 0.15) is 6.42 Å². The summed E-state index contributed by atoms with van der Waals surface area (Å²) in [6.07, 6.45) is -0.364. The van der Waals surface area contributed by atoms with Crippen molar-refractivity contribution in [2.45, 2.75) is 18.6 Å². The Morgan fingerprint density at radius 1 is 1.35 bits per heavy atom. The number of urea groups is 1. The molecule has 2 amide bonds. The lowest BCUT2D eigenvalue weighted by atomic mass is 10.2. The van der Waals surface area contributed by atoms with Gasteiger partial charge in [0.1, 0.15) is 0 Å². The molecule has 2 atom stereocenters. The van der Waals surface area contributed by atoms with E-state index in [0.29, 0.717) is 32.0 Å². The summed E-state index contributed by atoms with van der Waals surface area (Å²) < 4.78 is 5.33. The van der Waals surface area contributed by atoms with Gasteiger partial charge < -0.3 is 24.7 Å². The molecule has 2 aliphatic heterocycles. The van der Waals surface area contributed by atoms with E-state index < -0.39 is 5.97 Å². The van der Waals surface area contributed by atoms with E-state index in [1.54, 1.807) is 21.6 Å². The highest BCUT2D eigenvalue weighted by Crippen LogP contribution is 2.21. The molecule has 2 rings (SSSR count). The molecular weight excluding hydrogens is 284 g/mol. The molecular formula is C12H20N2O5S. The monoisotopic (exact) mass is 304 g/mol. The minimum Gasteiger partial charge on any atom is -0.481 e. The number of ether oxygens (including phenoxy) is 1. The first-order valence-corrected chi connectivity index (χ1v) is 7.85. The molecule has 0 radical (unpaired) electrons. The minimum absolute atomic E-state index is 0.0213. The number of hydrogen-bond donors (Lipinski definition) is 2. The van der Waals surface area contributed by atoms with Crippen LogP contribution in [0.25, 0.3) is 0 Å². The molecule has 0 bridgehead atoms. The van der Waals surface area contributed by atoms with Crippen molar-refractivity contribution in [2.24, 2.45) is 0 Å². The molecule has 2 N–H and O–H groups in total. The van der Waals surface area contributed by atoms with Gasteiger partial charge >= 0.3 is 12.0 Å². The zero-order chi connectivity index (χ0) is 14.5. The van der Waals surface area contributed by atoms with Gasteiger partial charge in [0.05, 0.1) is 38.3 Å². The largest absolute Gasteiger partial charge is 0.481 e. The van der Waals surface area contributed by atoms with Crippen molar-refractivity contribution in [1.29, 1.82) is 0 Å². The van der Waals surface area contributed by atoms with E-state index in [2.05, 4.69) is 0 Å². The van der Waals surface area contributed by atoms with Crippen LogP contribution in [-0.2, 0) is 9.53 Å². The molecule has 2 fully saturated rings. The van der Waals surface area contributed by atoms with Crippen molar-refractivity contribution >= 4 is 23.8 Å². The second kappa shape index (κ2) is 7.14. The van der Waals surface area contributed by atoms with Crippen LogP contribution in [0.4, 0.5) is 4.79 Å². The number of carboxylic acid groups (broad SMARTS) is 1. The van der Waals surface area contributed by atoms with Crippen molar-refractivity contribution in [3.05, 3.63) is 0 Å². The summed E-state index contributed by atoms with van der Waals surface area (Å²) in [4.78, 5) is 26.7. The van der Waals surface area contributed by atoms with Crippen molar-refractivity contribution in [3.8, 4) is 0 Å². The molecule has 0 aliphatic carbocycles. The lowest BCUT2D eigenvalue weighted by molar-refractivity contribution is -0.138. The summed E-state index contributed by atoms with van der Waals surface area (Å²) in [5.74, 6) is 0.604. The van der Waals surface area contributed by atoms with E-state index in [-0.39, 0.29) is 31.2 Å². The Kier molecular flexibility index (Phi) is 5.50.